The molecule has 2 atom stereocenters. The molecule has 1 spiro atoms. The van der Waals surface area contributed by atoms with Gasteiger partial charge in [0.15, 0.2) is 0 Å². The summed E-state index contributed by atoms with van der Waals surface area (Å²) in [6, 6.07) is 5.00. The molecule has 1 amide bonds. The molecule has 0 saturated carbocycles. The maximum absolute atomic E-state index is 13.2. The van der Waals surface area contributed by atoms with Crippen LogP contribution in [0.2, 0.25) is 0 Å². The molecular formula is C24H33F4N3O5S. The summed E-state index contributed by atoms with van der Waals surface area (Å²) in [6.45, 7) is 10.6. The Morgan fingerprint density at radius 3 is 2.14 bits per heavy atom. The van der Waals surface area contributed by atoms with Crippen LogP contribution in [0.1, 0.15) is 33.6 Å². The Kier molecular flexibility index (Phi) is 8.60. The Morgan fingerprint density at radius 1 is 1.14 bits per heavy atom. The Bertz CT molecular complexity index is 1090. The van der Waals surface area contributed by atoms with Crippen molar-refractivity contribution in [1.29, 1.82) is 0 Å². The zero-order valence-electron chi connectivity index (χ0n) is 21.0. The van der Waals surface area contributed by atoms with E-state index in [9.17, 15) is 30.8 Å². The largest absolute Gasteiger partial charge is 0.490 e. The first kappa shape index (κ1) is 29.3. The van der Waals surface area contributed by atoms with E-state index in [2.05, 4.69) is 18.7 Å². The zero-order valence-corrected chi connectivity index (χ0v) is 21.9. The summed E-state index contributed by atoms with van der Waals surface area (Å²) in [6.07, 6.45) is -3.77. The number of benzene rings is 1. The van der Waals surface area contributed by atoms with E-state index in [1.807, 2.05) is 11.8 Å². The second-order valence-electron chi connectivity index (χ2n) is 10.2. The number of hydrogen-bond acceptors (Lipinski definition) is 5. The highest BCUT2D eigenvalue weighted by Crippen LogP contribution is 2.50. The molecule has 3 fully saturated rings. The van der Waals surface area contributed by atoms with Gasteiger partial charge in [-0.2, -0.15) is 17.5 Å². The summed E-state index contributed by atoms with van der Waals surface area (Å²) in [4.78, 5) is 26.7. The van der Waals surface area contributed by atoms with Crippen LogP contribution in [0.4, 0.5) is 17.6 Å². The molecule has 1 aromatic rings. The van der Waals surface area contributed by atoms with Crippen molar-refractivity contribution >= 4 is 21.9 Å². The number of aliphatic carboxylic acids is 1. The fourth-order valence-electron chi connectivity index (χ4n) is 5.95. The van der Waals surface area contributed by atoms with Crippen molar-refractivity contribution in [2.75, 3.05) is 39.3 Å². The van der Waals surface area contributed by atoms with Crippen molar-refractivity contribution in [3.63, 3.8) is 0 Å². The van der Waals surface area contributed by atoms with E-state index in [0.29, 0.717) is 38.4 Å². The van der Waals surface area contributed by atoms with Gasteiger partial charge in [-0.3, -0.25) is 4.79 Å². The monoisotopic (exact) mass is 551 g/mol. The van der Waals surface area contributed by atoms with E-state index >= 15 is 0 Å². The lowest BCUT2D eigenvalue weighted by Gasteiger charge is -2.47. The molecule has 37 heavy (non-hydrogen) atoms. The number of amides is 1. The Labute approximate surface area is 214 Å². The van der Waals surface area contributed by atoms with E-state index in [4.69, 9.17) is 9.90 Å². The maximum Gasteiger partial charge on any atom is 0.490 e. The number of nitrogens with zero attached hydrogens (tertiary/aromatic N) is 3. The normalized spacial score (nSPS) is 24.3. The summed E-state index contributed by atoms with van der Waals surface area (Å²) in [5.41, 5.74) is -0.253. The lowest BCUT2D eigenvalue weighted by molar-refractivity contribution is -0.192. The molecule has 8 nitrogen and oxygen atoms in total. The van der Waals surface area contributed by atoms with Crippen molar-refractivity contribution in [3.05, 3.63) is 30.1 Å². The third kappa shape index (κ3) is 5.93. The van der Waals surface area contributed by atoms with E-state index < -0.39 is 28.0 Å². The molecule has 3 heterocycles. The lowest BCUT2D eigenvalue weighted by Crippen LogP contribution is -2.57. The highest BCUT2D eigenvalue weighted by atomic mass is 32.2. The van der Waals surface area contributed by atoms with E-state index in [-0.39, 0.29) is 28.2 Å². The predicted molar refractivity (Wildman–Crippen MR) is 126 cm³/mol. The summed E-state index contributed by atoms with van der Waals surface area (Å²) in [7, 11) is -3.66. The van der Waals surface area contributed by atoms with Crippen LogP contribution in [-0.4, -0.2) is 90.5 Å². The minimum absolute atomic E-state index is 0.0314. The first-order valence-corrected chi connectivity index (χ1v) is 13.7. The number of carbonyl (C=O) groups is 2. The smallest absolute Gasteiger partial charge is 0.475 e. The fraction of sp³-hybridized carbons (Fsp3) is 0.667. The molecule has 3 saturated heterocycles. The van der Waals surface area contributed by atoms with Gasteiger partial charge in [0.25, 0.3) is 0 Å². The number of sulfonamides is 1. The fourth-order valence-corrected chi connectivity index (χ4v) is 7.39. The third-order valence-electron chi connectivity index (χ3n) is 7.43. The van der Waals surface area contributed by atoms with Gasteiger partial charge in [-0.25, -0.2) is 17.6 Å². The maximum atomic E-state index is 13.2. The van der Waals surface area contributed by atoms with Crippen molar-refractivity contribution < 1.29 is 40.7 Å². The SMILES string of the molecule is CCN1C(=O)[C@H]2CN(CC(C)C)C[C@H]2C12CCN(S(=O)(=O)c1ccc(F)cc1)CC2.O=C(O)C(F)(F)F. The molecule has 0 radical (unpaired) electrons. The van der Waals surface area contributed by atoms with Crippen LogP contribution in [0.5, 0.6) is 0 Å². The number of alkyl halides is 3. The minimum Gasteiger partial charge on any atom is -0.475 e. The molecule has 13 heteroatoms. The quantitative estimate of drug-likeness (QED) is 0.565. The van der Waals surface area contributed by atoms with Gasteiger partial charge >= 0.3 is 12.1 Å². The lowest BCUT2D eigenvalue weighted by atomic mass is 9.75. The van der Waals surface area contributed by atoms with Crippen molar-refractivity contribution in [2.45, 2.75) is 50.2 Å². The van der Waals surface area contributed by atoms with Crippen LogP contribution in [-0.2, 0) is 19.6 Å². The van der Waals surface area contributed by atoms with E-state index in [0.717, 1.165) is 19.6 Å². The van der Waals surface area contributed by atoms with Crippen LogP contribution >= 0.6 is 0 Å². The third-order valence-corrected chi connectivity index (χ3v) is 9.34. The molecule has 0 unspecified atom stereocenters. The van der Waals surface area contributed by atoms with Gasteiger partial charge in [0.2, 0.25) is 15.9 Å². The van der Waals surface area contributed by atoms with E-state index in [1.54, 1.807) is 0 Å². The van der Waals surface area contributed by atoms with Crippen LogP contribution in [0.25, 0.3) is 0 Å². The Hall–Kier alpha value is -2.25. The highest BCUT2D eigenvalue weighted by molar-refractivity contribution is 7.89. The topological polar surface area (TPSA) is 98.2 Å². The number of likely N-dealkylation sites (tertiary alicyclic amines) is 2. The van der Waals surface area contributed by atoms with Crippen LogP contribution < -0.4 is 0 Å². The van der Waals surface area contributed by atoms with Crippen molar-refractivity contribution in [2.24, 2.45) is 17.8 Å². The summed E-state index contributed by atoms with van der Waals surface area (Å²) in [5.74, 6) is -2.12. The highest BCUT2D eigenvalue weighted by Gasteiger charge is 2.61. The summed E-state index contributed by atoms with van der Waals surface area (Å²) < 4.78 is 72.5. The molecule has 4 rings (SSSR count). The van der Waals surface area contributed by atoms with E-state index in [1.165, 1.54) is 28.6 Å². The van der Waals surface area contributed by atoms with Gasteiger partial charge < -0.3 is 14.9 Å². The van der Waals surface area contributed by atoms with Gasteiger partial charge in [-0.1, -0.05) is 13.8 Å². The second-order valence-corrected chi connectivity index (χ2v) is 12.1. The standard InChI is InChI=1S/C22H32FN3O3S.C2HF3O2/c1-4-26-21(27)19-14-24(13-16(2)3)15-20(19)22(26)9-11-25(12-10-22)30(28,29)18-7-5-17(23)6-8-18;3-2(4,5)1(6)7/h5-8,16,19-20H,4,9-15H2,1-3H3;(H,6,7)/t19-,20+;/m0./s1. The van der Waals surface area contributed by atoms with Gasteiger partial charge in [-0.15, -0.1) is 0 Å². The number of piperidine rings is 1. The van der Waals surface area contributed by atoms with Gasteiger partial charge in [-0.05, 0) is 49.9 Å². The molecule has 1 N–H and O–H groups in total. The Morgan fingerprint density at radius 2 is 1.68 bits per heavy atom. The van der Waals surface area contributed by atoms with Gasteiger partial charge in [0.05, 0.1) is 16.4 Å². The first-order chi connectivity index (χ1) is 17.1. The number of hydrogen-bond donors (Lipinski definition) is 1. The molecule has 0 aromatic heterocycles. The number of carbonyl (C=O) groups excluding carboxylic acids is 1. The molecular weight excluding hydrogens is 518 g/mol. The molecule has 0 aliphatic carbocycles. The molecule has 208 valence electrons. The number of halogens is 4. The van der Waals surface area contributed by atoms with Gasteiger partial charge in [0, 0.05) is 45.2 Å². The van der Waals surface area contributed by atoms with Gasteiger partial charge in [0.1, 0.15) is 5.82 Å². The first-order valence-electron chi connectivity index (χ1n) is 12.2. The van der Waals surface area contributed by atoms with Crippen LogP contribution in [0.15, 0.2) is 29.2 Å². The number of carboxylic acid groups (broad SMARTS) is 1. The molecule has 0 bridgehead atoms. The number of carboxylic acids is 1. The molecule has 3 aliphatic heterocycles. The van der Waals surface area contributed by atoms with Crippen molar-refractivity contribution in [1.82, 2.24) is 14.1 Å². The number of fused-ring (bicyclic) bond motifs is 2. The summed E-state index contributed by atoms with van der Waals surface area (Å²) in [5, 5.41) is 7.12. The zero-order chi connectivity index (χ0) is 27.8. The van der Waals surface area contributed by atoms with Crippen molar-refractivity contribution in [3.8, 4) is 0 Å². The second kappa shape index (κ2) is 10.9. The molecule has 3 aliphatic rings. The average Bonchev–Trinajstić information content (AvgIpc) is 3.31. The Balaban J connectivity index is 0.000000479. The number of rotatable bonds is 5. The average molecular weight is 552 g/mol. The van der Waals surface area contributed by atoms with Crippen LogP contribution in [0, 0.1) is 23.6 Å². The predicted octanol–water partition coefficient (Wildman–Crippen LogP) is 3.05. The summed E-state index contributed by atoms with van der Waals surface area (Å²) >= 11 is 0. The minimum atomic E-state index is -5.08. The van der Waals surface area contributed by atoms with Crippen LogP contribution in [0.3, 0.4) is 0 Å². The molecule has 1 aromatic carbocycles.